The molecule has 6 nitrogen and oxygen atoms in total. The highest BCUT2D eigenvalue weighted by Gasteiger charge is 2.23. The number of hydrogen-bond donors (Lipinski definition) is 2. The van der Waals surface area contributed by atoms with Crippen LogP contribution in [0.1, 0.15) is 12.5 Å². The number of aromatic nitrogens is 1. The number of carbonyl (C=O) groups excluding carboxylic acids is 1. The zero-order valence-electron chi connectivity index (χ0n) is 15.3. The Bertz CT molecular complexity index is 1130. The van der Waals surface area contributed by atoms with Gasteiger partial charge < -0.3 is 15.8 Å². The molecular weight excluding hydrogens is 398 g/mol. The number of nitrogens with zero attached hydrogens (tertiary/aromatic N) is 2. The van der Waals surface area contributed by atoms with Crippen LogP contribution < -0.4 is 15.8 Å². The van der Waals surface area contributed by atoms with Crippen LogP contribution in [0.4, 0.5) is 14.5 Å². The Morgan fingerprint density at radius 2 is 2.10 bits per heavy atom. The first-order valence-corrected chi connectivity index (χ1v) is 9.26. The number of anilines is 1. The number of fused-ring (bicyclic) bond motifs is 1. The standard InChI is InChI=1S/C20H16F2N4O2S/c1-11(19(24)27)9-25-16-7-14(17-18(15(16)8-23)29-10-26-17)12-3-5-13(6-4-12)28-20(2,21)22/h3-7,10,25H,1,9H2,2H3,(H2,24,27). The summed E-state index contributed by atoms with van der Waals surface area (Å²) in [7, 11) is 0. The third-order valence-electron chi connectivity index (χ3n) is 4.02. The average molecular weight is 414 g/mol. The number of nitriles is 1. The molecule has 0 saturated heterocycles. The van der Waals surface area contributed by atoms with Crippen LogP contribution in [0.3, 0.4) is 0 Å². The molecule has 3 aromatic rings. The second-order valence-corrected chi connectivity index (χ2v) is 7.10. The van der Waals surface area contributed by atoms with Crippen LogP contribution in [0.2, 0.25) is 0 Å². The van der Waals surface area contributed by atoms with Crippen LogP contribution in [0.5, 0.6) is 5.75 Å². The molecule has 0 saturated carbocycles. The van der Waals surface area contributed by atoms with Gasteiger partial charge in [0.2, 0.25) is 5.91 Å². The lowest BCUT2D eigenvalue weighted by Crippen LogP contribution is -2.19. The van der Waals surface area contributed by atoms with Gasteiger partial charge in [0.25, 0.3) is 0 Å². The van der Waals surface area contributed by atoms with E-state index in [1.54, 1.807) is 23.7 Å². The van der Waals surface area contributed by atoms with Crippen molar-refractivity contribution < 1.29 is 18.3 Å². The fourth-order valence-electron chi connectivity index (χ4n) is 2.69. The molecule has 0 spiro atoms. The molecule has 0 bridgehead atoms. The van der Waals surface area contributed by atoms with Crippen LogP contribution in [0.25, 0.3) is 21.3 Å². The Kier molecular flexibility index (Phi) is 5.48. The molecule has 0 aliphatic carbocycles. The molecule has 3 rings (SSSR count). The molecule has 0 radical (unpaired) electrons. The molecule has 1 amide bonds. The summed E-state index contributed by atoms with van der Waals surface area (Å²) in [5.74, 6) is -0.612. The summed E-state index contributed by atoms with van der Waals surface area (Å²) in [5, 5.41) is 12.6. The average Bonchev–Trinajstić information content (AvgIpc) is 3.14. The minimum atomic E-state index is -3.28. The van der Waals surface area contributed by atoms with E-state index in [1.165, 1.54) is 23.5 Å². The molecular formula is C20H16F2N4O2S. The third kappa shape index (κ3) is 4.50. The Morgan fingerprint density at radius 3 is 2.69 bits per heavy atom. The van der Waals surface area contributed by atoms with E-state index < -0.39 is 12.0 Å². The lowest BCUT2D eigenvalue weighted by Gasteiger charge is -2.14. The van der Waals surface area contributed by atoms with Crippen molar-refractivity contribution in [2.75, 3.05) is 11.9 Å². The van der Waals surface area contributed by atoms with Crippen molar-refractivity contribution in [3.8, 4) is 22.9 Å². The van der Waals surface area contributed by atoms with Gasteiger partial charge in [-0.05, 0) is 23.8 Å². The maximum absolute atomic E-state index is 13.0. The molecule has 0 atom stereocenters. The van der Waals surface area contributed by atoms with Crippen molar-refractivity contribution in [3.63, 3.8) is 0 Å². The topological polar surface area (TPSA) is 101 Å². The number of halogens is 2. The van der Waals surface area contributed by atoms with Crippen LogP contribution in [0.15, 0.2) is 48.0 Å². The molecule has 9 heteroatoms. The first-order chi connectivity index (χ1) is 13.7. The van der Waals surface area contributed by atoms with Gasteiger partial charge in [-0.15, -0.1) is 11.3 Å². The Balaban J connectivity index is 2.04. The summed E-state index contributed by atoms with van der Waals surface area (Å²) >= 11 is 1.30. The number of ether oxygens (including phenoxy) is 1. The van der Waals surface area contributed by atoms with Crippen LogP contribution in [-0.2, 0) is 4.79 Å². The van der Waals surface area contributed by atoms with Gasteiger partial charge in [-0.1, -0.05) is 18.7 Å². The van der Waals surface area contributed by atoms with Crippen molar-refractivity contribution in [2.45, 2.75) is 13.0 Å². The normalized spacial score (nSPS) is 11.1. The van der Waals surface area contributed by atoms with Crippen LogP contribution in [-0.4, -0.2) is 23.5 Å². The number of nitrogens with two attached hydrogens (primary N) is 1. The van der Waals surface area contributed by atoms with E-state index in [4.69, 9.17) is 5.73 Å². The van der Waals surface area contributed by atoms with E-state index in [-0.39, 0.29) is 17.9 Å². The minimum absolute atomic E-state index is 0.0283. The highest BCUT2D eigenvalue weighted by molar-refractivity contribution is 7.17. The van der Waals surface area contributed by atoms with E-state index in [0.29, 0.717) is 39.5 Å². The monoisotopic (exact) mass is 414 g/mol. The highest BCUT2D eigenvalue weighted by Crippen LogP contribution is 2.37. The molecule has 0 fully saturated rings. The number of benzene rings is 2. The number of primary amides is 1. The number of hydrogen-bond acceptors (Lipinski definition) is 6. The predicted molar refractivity (Wildman–Crippen MR) is 108 cm³/mol. The Morgan fingerprint density at radius 1 is 1.41 bits per heavy atom. The summed E-state index contributed by atoms with van der Waals surface area (Å²) in [6.07, 6.45) is -3.28. The number of alkyl halides is 2. The van der Waals surface area contributed by atoms with Gasteiger partial charge in [-0.3, -0.25) is 4.79 Å². The molecule has 1 heterocycles. The van der Waals surface area contributed by atoms with Gasteiger partial charge in [-0.25, -0.2) is 4.98 Å². The summed E-state index contributed by atoms with van der Waals surface area (Å²) < 4.78 is 31.3. The van der Waals surface area contributed by atoms with Gasteiger partial charge in [-0.2, -0.15) is 14.0 Å². The number of amides is 1. The maximum atomic E-state index is 13.0. The molecule has 3 N–H and O–H groups in total. The quantitative estimate of drug-likeness (QED) is 0.562. The Hall–Kier alpha value is -3.51. The van der Waals surface area contributed by atoms with E-state index in [2.05, 4.69) is 27.7 Å². The summed E-state index contributed by atoms with van der Waals surface area (Å²) in [6, 6.07) is 10.0. The lowest BCUT2D eigenvalue weighted by molar-refractivity contribution is -0.158. The van der Waals surface area contributed by atoms with Crippen molar-refractivity contribution in [1.82, 2.24) is 4.98 Å². The van der Waals surface area contributed by atoms with Gasteiger partial charge in [0, 0.05) is 24.6 Å². The molecule has 0 aliphatic heterocycles. The second kappa shape index (κ2) is 7.85. The highest BCUT2D eigenvalue weighted by atomic mass is 32.1. The number of rotatable bonds is 7. The van der Waals surface area contributed by atoms with Crippen molar-refractivity contribution in [2.24, 2.45) is 5.73 Å². The van der Waals surface area contributed by atoms with E-state index in [9.17, 15) is 18.8 Å². The van der Waals surface area contributed by atoms with E-state index >= 15 is 0 Å². The van der Waals surface area contributed by atoms with Crippen LogP contribution >= 0.6 is 11.3 Å². The second-order valence-electron chi connectivity index (χ2n) is 6.24. The molecule has 1 aromatic heterocycles. The van der Waals surface area contributed by atoms with Gasteiger partial charge in [0.05, 0.1) is 27.0 Å². The van der Waals surface area contributed by atoms with Gasteiger partial charge in [0.1, 0.15) is 11.8 Å². The van der Waals surface area contributed by atoms with Gasteiger partial charge >= 0.3 is 6.11 Å². The molecule has 2 aromatic carbocycles. The summed E-state index contributed by atoms with van der Waals surface area (Å²) in [5.41, 5.74) is 9.88. The zero-order valence-corrected chi connectivity index (χ0v) is 16.1. The first-order valence-electron chi connectivity index (χ1n) is 8.38. The molecule has 148 valence electrons. The molecule has 0 unspecified atom stereocenters. The van der Waals surface area contributed by atoms with E-state index in [0.717, 1.165) is 0 Å². The maximum Gasteiger partial charge on any atom is 0.394 e. The van der Waals surface area contributed by atoms with Crippen molar-refractivity contribution >= 4 is 33.1 Å². The number of nitrogens with one attached hydrogen (secondary N) is 1. The zero-order chi connectivity index (χ0) is 21.2. The summed E-state index contributed by atoms with van der Waals surface area (Å²) in [4.78, 5) is 15.6. The number of thiazole rings is 1. The SMILES string of the molecule is C=C(CNc1cc(-c2ccc(OC(C)(F)F)cc2)c2ncsc2c1C#N)C(N)=O. The van der Waals surface area contributed by atoms with Gasteiger partial charge in [0.15, 0.2) is 0 Å². The third-order valence-corrected chi connectivity index (χ3v) is 4.87. The van der Waals surface area contributed by atoms with Crippen molar-refractivity contribution in [1.29, 1.82) is 5.26 Å². The Labute approximate surface area is 169 Å². The summed E-state index contributed by atoms with van der Waals surface area (Å²) in [6.45, 7) is 4.33. The fraction of sp³-hybridized carbons (Fsp3) is 0.150. The first kappa shape index (κ1) is 20.2. The van der Waals surface area contributed by atoms with E-state index in [1.807, 2.05) is 0 Å². The van der Waals surface area contributed by atoms with Crippen molar-refractivity contribution in [3.05, 3.63) is 53.6 Å². The lowest BCUT2D eigenvalue weighted by atomic mass is 10.0. The fourth-order valence-corrected chi connectivity index (χ4v) is 3.50. The minimum Gasteiger partial charge on any atom is -0.433 e. The van der Waals surface area contributed by atoms with Crippen LogP contribution in [0, 0.1) is 11.3 Å². The largest absolute Gasteiger partial charge is 0.433 e. The molecule has 0 aliphatic rings. The smallest absolute Gasteiger partial charge is 0.394 e. The molecule has 29 heavy (non-hydrogen) atoms. The number of carbonyl (C=O) groups is 1. The predicted octanol–water partition coefficient (Wildman–Crippen LogP) is 4.28.